The summed E-state index contributed by atoms with van der Waals surface area (Å²) in [5.41, 5.74) is 7.59. The zero-order valence-electron chi connectivity index (χ0n) is 13.3. The lowest BCUT2D eigenvalue weighted by Crippen LogP contribution is -2.03. The smallest absolute Gasteiger partial charge is 0.224 e. The van der Waals surface area contributed by atoms with Gasteiger partial charge in [0.05, 0.1) is 28.7 Å². The summed E-state index contributed by atoms with van der Waals surface area (Å²) in [6.07, 6.45) is 4.99. The standard InChI is InChI=1S/C17H14FN7/c1-20-15-10-5-6-12(22-16(10)24-17(19)23-15)14-11(18)3-2-4-13(14)25-8-7-21-9-25/h2-9H,1H3,(H3,19,20,22,23,24). The second kappa shape index (κ2) is 5.82. The maximum absolute atomic E-state index is 14.6. The zero-order valence-corrected chi connectivity index (χ0v) is 13.3. The summed E-state index contributed by atoms with van der Waals surface area (Å²) in [5, 5.41) is 3.67. The molecule has 8 heteroatoms. The molecule has 1 aromatic carbocycles. The van der Waals surface area contributed by atoms with E-state index in [1.165, 1.54) is 6.07 Å². The van der Waals surface area contributed by atoms with E-state index in [0.717, 1.165) is 0 Å². The van der Waals surface area contributed by atoms with E-state index in [4.69, 9.17) is 5.73 Å². The van der Waals surface area contributed by atoms with Crippen LogP contribution in [0.5, 0.6) is 0 Å². The summed E-state index contributed by atoms with van der Waals surface area (Å²) in [5.74, 6) is 0.295. The largest absolute Gasteiger partial charge is 0.372 e. The Labute approximate surface area is 142 Å². The average molecular weight is 335 g/mol. The van der Waals surface area contributed by atoms with E-state index in [-0.39, 0.29) is 11.8 Å². The van der Waals surface area contributed by atoms with Crippen LogP contribution >= 0.6 is 0 Å². The molecule has 0 aliphatic carbocycles. The summed E-state index contributed by atoms with van der Waals surface area (Å²) in [6, 6.07) is 8.39. The van der Waals surface area contributed by atoms with E-state index in [2.05, 4.69) is 25.3 Å². The Balaban J connectivity index is 1.97. The van der Waals surface area contributed by atoms with Crippen molar-refractivity contribution in [3.63, 3.8) is 0 Å². The number of hydrogen-bond donors (Lipinski definition) is 2. The molecule has 124 valence electrons. The summed E-state index contributed by atoms with van der Waals surface area (Å²) >= 11 is 0. The van der Waals surface area contributed by atoms with E-state index >= 15 is 0 Å². The van der Waals surface area contributed by atoms with Crippen molar-refractivity contribution in [1.29, 1.82) is 0 Å². The molecule has 0 aliphatic heterocycles. The van der Waals surface area contributed by atoms with Crippen LogP contribution in [0.1, 0.15) is 0 Å². The first-order valence-electron chi connectivity index (χ1n) is 7.56. The number of nitrogens with one attached hydrogen (secondary N) is 1. The van der Waals surface area contributed by atoms with Gasteiger partial charge in [-0.05, 0) is 24.3 Å². The van der Waals surface area contributed by atoms with E-state index in [0.29, 0.717) is 33.8 Å². The summed E-state index contributed by atoms with van der Waals surface area (Å²) in [6.45, 7) is 0. The van der Waals surface area contributed by atoms with Crippen LogP contribution in [-0.4, -0.2) is 31.6 Å². The van der Waals surface area contributed by atoms with Crippen LogP contribution in [-0.2, 0) is 0 Å². The van der Waals surface area contributed by atoms with Crippen molar-refractivity contribution in [1.82, 2.24) is 24.5 Å². The lowest BCUT2D eigenvalue weighted by molar-refractivity contribution is 0.629. The lowest BCUT2D eigenvalue weighted by Gasteiger charge is -2.12. The van der Waals surface area contributed by atoms with Gasteiger partial charge in [-0.1, -0.05) is 6.07 Å². The van der Waals surface area contributed by atoms with E-state index in [1.54, 1.807) is 54.6 Å². The highest BCUT2D eigenvalue weighted by Gasteiger charge is 2.15. The molecule has 3 N–H and O–H groups in total. The Bertz CT molecular complexity index is 1060. The Hall–Kier alpha value is -3.55. The van der Waals surface area contributed by atoms with Crippen molar-refractivity contribution in [2.75, 3.05) is 18.1 Å². The molecule has 4 rings (SSSR count). The Morgan fingerprint density at radius 2 is 2.00 bits per heavy atom. The number of nitrogens with zero attached hydrogens (tertiary/aromatic N) is 5. The molecule has 0 fully saturated rings. The van der Waals surface area contributed by atoms with Crippen molar-refractivity contribution < 1.29 is 4.39 Å². The van der Waals surface area contributed by atoms with E-state index < -0.39 is 0 Å². The molecule has 0 bridgehead atoms. The monoisotopic (exact) mass is 335 g/mol. The molecule has 4 aromatic rings. The Morgan fingerprint density at radius 1 is 1.12 bits per heavy atom. The number of hydrogen-bond acceptors (Lipinski definition) is 6. The van der Waals surface area contributed by atoms with Gasteiger partial charge in [-0.2, -0.15) is 9.97 Å². The lowest BCUT2D eigenvalue weighted by atomic mass is 10.1. The number of benzene rings is 1. The van der Waals surface area contributed by atoms with Gasteiger partial charge in [0.25, 0.3) is 0 Å². The van der Waals surface area contributed by atoms with E-state index in [1.807, 2.05) is 0 Å². The first-order chi connectivity index (χ1) is 12.2. The number of anilines is 2. The van der Waals surface area contributed by atoms with Crippen LogP contribution in [0.4, 0.5) is 16.2 Å². The predicted molar refractivity (Wildman–Crippen MR) is 93.8 cm³/mol. The average Bonchev–Trinajstić information content (AvgIpc) is 3.14. The minimum atomic E-state index is -0.381. The minimum Gasteiger partial charge on any atom is -0.372 e. The van der Waals surface area contributed by atoms with Crippen molar-refractivity contribution >= 4 is 22.8 Å². The first-order valence-corrected chi connectivity index (χ1v) is 7.56. The first kappa shape index (κ1) is 15.0. The molecular weight excluding hydrogens is 321 g/mol. The van der Waals surface area contributed by atoms with Gasteiger partial charge in [-0.25, -0.2) is 14.4 Å². The maximum atomic E-state index is 14.6. The molecule has 7 nitrogen and oxygen atoms in total. The minimum absolute atomic E-state index is 0.102. The Kier molecular flexibility index (Phi) is 3.50. The van der Waals surface area contributed by atoms with Crippen LogP contribution < -0.4 is 11.1 Å². The van der Waals surface area contributed by atoms with Gasteiger partial charge in [0.15, 0.2) is 5.65 Å². The molecule has 0 atom stereocenters. The third-order valence-electron chi connectivity index (χ3n) is 3.84. The van der Waals surface area contributed by atoms with Crippen LogP contribution in [0.3, 0.4) is 0 Å². The van der Waals surface area contributed by atoms with Gasteiger partial charge < -0.3 is 15.6 Å². The van der Waals surface area contributed by atoms with Crippen molar-refractivity contribution in [2.45, 2.75) is 0 Å². The summed E-state index contributed by atoms with van der Waals surface area (Å²) in [4.78, 5) is 16.8. The molecule has 25 heavy (non-hydrogen) atoms. The normalized spacial score (nSPS) is 11.0. The molecule has 0 unspecified atom stereocenters. The van der Waals surface area contributed by atoms with Crippen LogP contribution in [0.2, 0.25) is 0 Å². The van der Waals surface area contributed by atoms with Gasteiger partial charge in [0, 0.05) is 19.4 Å². The number of halogens is 1. The second-order valence-corrected chi connectivity index (χ2v) is 5.35. The fourth-order valence-corrected chi connectivity index (χ4v) is 2.74. The number of aromatic nitrogens is 5. The molecule has 0 saturated carbocycles. The third-order valence-corrected chi connectivity index (χ3v) is 3.84. The highest BCUT2D eigenvalue weighted by Crippen LogP contribution is 2.30. The number of fused-ring (bicyclic) bond motifs is 1. The third kappa shape index (κ3) is 2.53. The van der Waals surface area contributed by atoms with Crippen molar-refractivity contribution in [3.05, 3.63) is 54.9 Å². The molecule has 0 spiro atoms. The molecule has 3 heterocycles. The van der Waals surface area contributed by atoms with Gasteiger partial charge >= 0.3 is 0 Å². The zero-order chi connectivity index (χ0) is 17.4. The quantitative estimate of drug-likeness (QED) is 0.598. The second-order valence-electron chi connectivity index (χ2n) is 5.35. The van der Waals surface area contributed by atoms with Crippen LogP contribution in [0.15, 0.2) is 49.1 Å². The number of rotatable bonds is 3. The highest BCUT2D eigenvalue weighted by atomic mass is 19.1. The Morgan fingerprint density at radius 3 is 2.76 bits per heavy atom. The molecule has 0 radical (unpaired) electrons. The highest BCUT2D eigenvalue weighted by molar-refractivity contribution is 5.89. The molecule has 0 aliphatic rings. The number of nitrogens with two attached hydrogens (primary N) is 1. The fraction of sp³-hybridized carbons (Fsp3) is 0.0588. The number of pyridine rings is 1. The predicted octanol–water partition coefficient (Wildman–Crippen LogP) is 2.64. The van der Waals surface area contributed by atoms with Gasteiger partial charge in [0.2, 0.25) is 5.95 Å². The number of imidazole rings is 1. The molecule has 0 amide bonds. The fourth-order valence-electron chi connectivity index (χ4n) is 2.74. The summed E-state index contributed by atoms with van der Waals surface area (Å²) < 4.78 is 16.3. The maximum Gasteiger partial charge on any atom is 0.224 e. The number of nitrogen functional groups attached to an aromatic ring is 1. The van der Waals surface area contributed by atoms with Gasteiger partial charge in [0.1, 0.15) is 11.6 Å². The molecule has 3 aromatic heterocycles. The molecular formula is C17H14FN7. The SMILES string of the molecule is CNc1nc(N)nc2nc(-c3c(F)cccc3-n3ccnc3)ccc12. The van der Waals surface area contributed by atoms with E-state index in [9.17, 15) is 4.39 Å². The topological polar surface area (TPSA) is 94.5 Å². The van der Waals surface area contributed by atoms with Crippen LogP contribution in [0.25, 0.3) is 28.0 Å². The van der Waals surface area contributed by atoms with Gasteiger partial charge in [-0.15, -0.1) is 0 Å². The van der Waals surface area contributed by atoms with Crippen molar-refractivity contribution in [2.24, 2.45) is 0 Å². The van der Waals surface area contributed by atoms with Crippen LogP contribution in [0, 0.1) is 5.82 Å². The molecule has 0 saturated heterocycles. The van der Waals surface area contributed by atoms with Gasteiger partial charge in [-0.3, -0.25) is 0 Å². The van der Waals surface area contributed by atoms with Crippen molar-refractivity contribution in [3.8, 4) is 16.9 Å². The summed E-state index contributed by atoms with van der Waals surface area (Å²) in [7, 11) is 1.74.